The Morgan fingerprint density at radius 1 is 1.15 bits per heavy atom. The highest BCUT2D eigenvalue weighted by Gasteiger charge is 2.56. The summed E-state index contributed by atoms with van der Waals surface area (Å²) in [5.41, 5.74) is 0.861. The Labute approximate surface area is 197 Å². The van der Waals surface area contributed by atoms with Crippen molar-refractivity contribution in [1.82, 2.24) is 23.6 Å². The molecular formula is C24H38N6O2S. The number of piperazine rings is 1. The molecule has 1 saturated heterocycles. The summed E-state index contributed by atoms with van der Waals surface area (Å²) in [6, 6.07) is 2.00. The van der Waals surface area contributed by atoms with Gasteiger partial charge in [0.25, 0.3) is 10.2 Å². The van der Waals surface area contributed by atoms with Crippen molar-refractivity contribution in [3.63, 3.8) is 0 Å². The van der Waals surface area contributed by atoms with Crippen molar-refractivity contribution in [3.8, 4) is 0 Å². The normalized spacial score (nSPS) is 26.4. The van der Waals surface area contributed by atoms with Gasteiger partial charge in [0.05, 0.1) is 10.9 Å². The van der Waals surface area contributed by atoms with Gasteiger partial charge >= 0.3 is 0 Å². The summed E-state index contributed by atoms with van der Waals surface area (Å²) < 4.78 is 30.7. The van der Waals surface area contributed by atoms with Crippen LogP contribution < -0.4 is 4.90 Å². The lowest BCUT2D eigenvalue weighted by atomic mass is 9.70. The van der Waals surface area contributed by atoms with Gasteiger partial charge in [-0.3, -0.25) is 0 Å². The molecule has 2 saturated carbocycles. The monoisotopic (exact) mass is 474 g/mol. The maximum atomic E-state index is 13.7. The number of fused-ring (bicyclic) bond motifs is 1. The Kier molecular flexibility index (Phi) is 5.73. The molecule has 1 aliphatic heterocycles. The molecule has 0 radical (unpaired) electrons. The molecule has 182 valence electrons. The first-order valence-electron chi connectivity index (χ1n) is 12.4. The van der Waals surface area contributed by atoms with E-state index in [4.69, 9.17) is 0 Å². The quantitative estimate of drug-likeness (QED) is 0.715. The number of hydrogen-bond donors (Lipinski definition) is 1. The Morgan fingerprint density at radius 3 is 2.55 bits per heavy atom. The van der Waals surface area contributed by atoms with Gasteiger partial charge in [-0.2, -0.15) is 17.0 Å². The summed E-state index contributed by atoms with van der Waals surface area (Å²) in [4.78, 5) is 14.2. The molecule has 9 heteroatoms. The second kappa shape index (κ2) is 8.20. The maximum absolute atomic E-state index is 13.7. The Hall–Kier alpha value is -1.71. The molecular weight excluding hydrogens is 436 g/mol. The molecule has 2 aliphatic carbocycles. The van der Waals surface area contributed by atoms with Crippen LogP contribution in [0.15, 0.2) is 18.6 Å². The van der Waals surface area contributed by atoms with Crippen molar-refractivity contribution >= 4 is 27.1 Å². The molecule has 0 amide bonds. The van der Waals surface area contributed by atoms with E-state index < -0.39 is 10.2 Å². The number of anilines is 1. The predicted molar refractivity (Wildman–Crippen MR) is 131 cm³/mol. The first kappa shape index (κ1) is 23.1. The van der Waals surface area contributed by atoms with E-state index in [1.165, 1.54) is 12.8 Å². The Morgan fingerprint density at radius 2 is 1.88 bits per heavy atom. The highest BCUT2D eigenvalue weighted by atomic mass is 32.2. The third-order valence-corrected chi connectivity index (χ3v) is 10.4. The first-order chi connectivity index (χ1) is 15.6. The van der Waals surface area contributed by atoms with Gasteiger partial charge in [-0.15, -0.1) is 0 Å². The van der Waals surface area contributed by atoms with E-state index in [1.54, 1.807) is 22.0 Å². The fourth-order valence-corrected chi connectivity index (χ4v) is 7.78. The molecule has 0 bridgehead atoms. The van der Waals surface area contributed by atoms with E-state index in [0.717, 1.165) is 48.5 Å². The average Bonchev–Trinajstić information content (AvgIpc) is 3.34. The zero-order valence-electron chi connectivity index (χ0n) is 20.4. The molecule has 2 aromatic rings. The van der Waals surface area contributed by atoms with E-state index in [2.05, 4.69) is 40.6 Å². The van der Waals surface area contributed by atoms with Crippen LogP contribution in [0.5, 0.6) is 0 Å². The lowest BCUT2D eigenvalue weighted by molar-refractivity contribution is 0.141. The molecule has 5 rings (SSSR count). The van der Waals surface area contributed by atoms with Crippen molar-refractivity contribution in [1.29, 1.82) is 0 Å². The second-order valence-corrected chi connectivity index (χ2v) is 13.5. The van der Waals surface area contributed by atoms with E-state index in [0.29, 0.717) is 37.5 Å². The highest BCUT2D eigenvalue weighted by molar-refractivity contribution is 7.86. The summed E-state index contributed by atoms with van der Waals surface area (Å²) in [5.74, 6) is 2.10. The minimum absolute atomic E-state index is 0.303. The zero-order chi connectivity index (χ0) is 23.4. The van der Waals surface area contributed by atoms with Crippen molar-refractivity contribution in [3.05, 3.63) is 18.6 Å². The summed E-state index contributed by atoms with van der Waals surface area (Å²) in [7, 11) is -1.71. The number of hydrogen-bond acceptors (Lipinski definition) is 5. The summed E-state index contributed by atoms with van der Waals surface area (Å²) in [5, 5.41) is 0.993. The standard InChI is InChI=1S/C24H38N6O2S/c1-23(2,3)19-7-5-18(6-8-19)15-28(4)33(31,32)30-14-13-29(16-24(30)10-11-24)22-20-9-12-25-21(20)26-17-27-22/h9,12,17-19H,5-8,10-11,13-16H2,1-4H3,(H,25,26,27). The van der Waals surface area contributed by atoms with E-state index in [1.807, 2.05) is 12.3 Å². The summed E-state index contributed by atoms with van der Waals surface area (Å²) >= 11 is 0. The minimum Gasteiger partial charge on any atom is -0.353 e. The molecule has 0 aromatic carbocycles. The van der Waals surface area contributed by atoms with Crippen LogP contribution in [0.4, 0.5) is 5.82 Å². The van der Waals surface area contributed by atoms with Crippen LogP contribution in [0.1, 0.15) is 59.3 Å². The number of aromatic amines is 1. The SMILES string of the molecule is CN(CC1CCC(C(C)(C)C)CC1)S(=O)(=O)N1CCN(c2ncnc3[nH]ccc23)CC12CC2. The van der Waals surface area contributed by atoms with Crippen LogP contribution in [0.3, 0.4) is 0 Å². The van der Waals surface area contributed by atoms with Crippen molar-refractivity contribution in [2.75, 3.05) is 38.1 Å². The molecule has 3 aliphatic rings. The van der Waals surface area contributed by atoms with E-state index >= 15 is 0 Å². The van der Waals surface area contributed by atoms with Gasteiger partial charge in [0.1, 0.15) is 17.8 Å². The summed E-state index contributed by atoms with van der Waals surface area (Å²) in [6.07, 6.45) is 9.94. The molecule has 8 nitrogen and oxygen atoms in total. The number of rotatable bonds is 5. The lowest BCUT2D eigenvalue weighted by Gasteiger charge is -2.43. The number of aromatic nitrogens is 3. The average molecular weight is 475 g/mol. The minimum atomic E-state index is -3.48. The molecule has 3 heterocycles. The summed E-state index contributed by atoms with van der Waals surface area (Å²) in [6.45, 7) is 9.44. The van der Waals surface area contributed by atoms with Crippen LogP contribution in [0, 0.1) is 17.3 Å². The van der Waals surface area contributed by atoms with Crippen LogP contribution >= 0.6 is 0 Å². The molecule has 0 atom stereocenters. The fourth-order valence-electron chi connectivity index (χ4n) is 6.00. The number of nitrogens with one attached hydrogen (secondary N) is 1. The van der Waals surface area contributed by atoms with Crippen LogP contribution in [0.2, 0.25) is 0 Å². The van der Waals surface area contributed by atoms with Gasteiger partial charge in [0.15, 0.2) is 0 Å². The molecule has 2 aromatic heterocycles. The lowest BCUT2D eigenvalue weighted by Crippen LogP contribution is -2.60. The van der Waals surface area contributed by atoms with Crippen molar-refractivity contribution in [2.45, 2.75) is 64.8 Å². The van der Waals surface area contributed by atoms with Crippen LogP contribution in [0.25, 0.3) is 11.0 Å². The maximum Gasteiger partial charge on any atom is 0.282 e. The van der Waals surface area contributed by atoms with Gasteiger partial charge in [-0.1, -0.05) is 20.8 Å². The predicted octanol–water partition coefficient (Wildman–Crippen LogP) is 3.64. The van der Waals surface area contributed by atoms with Gasteiger partial charge in [-0.25, -0.2) is 9.97 Å². The third kappa shape index (κ3) is 4.28. The van der Waals surface area contributed by atoms with Crippen molar-refractivity contribution < 1.29 is 8.42 Å². The molecule has 0 unspecified atom stereocenters. The second-order valence-electron chi connectivity index (χ2n) is 11.5. The largest absolute Gasteiger partial charge is 0.353 e. The molecule has 33 heavy (non-hydrogen) atoms. The van der Waals surface area contributed by atoms with Gasteiger partial charge in [-0.05, 0) is 61.8 Å². The van der Waals surface area contributed by atoms with Gasteiger partial charge < -0.3 is 9.88 Å². The Bertz CT molecular complexity index is 1100. The highest BCUT2D eigenvalue weighted by Crippen LogP contribution is 2.47. The Balaban J connectivity index is 1.25. The molecule has 3 fully saturated rings. The smallest absolute Gasteiger partial charge is 0.282 e. The van der Waals surface area contributed by atoms with Crippen LogP contribution in [-0.2, 0) is 10.2 Å². The van der Waals surface area contributed by atoms with E-state index in [-0.39, 0.29) is 5.54 Å². The van der Waals surface area contributed by atoms with Crippen molar-refractivity contribution in [2.24, 2.45) is 17.3 Å². The van der Waals surface area contributed by atoms with Crippen LogP contribution in [-0.4, -0.2) is 70.7 Å². The van der Waals surface area contributed by atoms with Gasteiger partial charge in [0, 0.05) is 39.4 Å². The van der Waals surface area contributed by atoms with E-state index in [9.17, 15) is 8.42 Å². The number of nitrogens with zero attached hydrogens (tertiary/aromatic N) is 5. The molecule has 1 N–H and O–H groups in total. The zero-order valence-corrected chi connectivity index (χ0v) is 21.2. The first-order valence-corrected chi connectivity index (χ1v) is 13.8. The fraction of sp³-hybridized carbons (Fsp3) is 0.750. The van der Waals surface area contributed by atoms with Gasteiger partial charge in [0.2, 0.25) is 0 Å². The molecule has 1 spiro atoms. The number of H-pyrrole nitrogens is 1. The topological polar surface area (TPSA) is 85.4 Å². The third-order valence-electron chi connectivity index (χ3n) is 8.31.